The molecule has 0 saturated heterocycles. The SMILES string of the molecule is C=CCO[C@H](c1ncc(C)cn1)C(C)C.C=O.C=O. The molecule has 5 heteroatoms. The highest BCUT2D eigenvalue weighted by molar-refractivity contribution is 5.11. The third-order valence-electron chi connectivity index (χ3n) is 2.05. The molecule has 1 heterocycles. The van der Waals surface area contributed by atoms with Gasteiger partial charge in [0, 0.05) is 12.4 Å². The Morgan fingerprint density at radius 3 is 2.05 bits per heavy atom. The second kappa shape index (κ2) is 12.6. The van der Waals surface area contributed by atoms with Gasteiger partial charge < -0.3 is 14.3 Å². The van der Waals surface area contributed by atoms with Crippen LogP contribution in [0.3, 0.4) is 0 Å². The predicted octanol–water partition coefficient (Wildman–Crippen LogP) is 2.31. The summed E-state index contributed by atoms with van der Waals surface area (Å²) in [4.78, 5) is 24.6. The predicted molar refractivity (Wildman–Crippen MR) is 74.7 cm³/mol. The zero-order valence-electron chi connectivity index (χ0n) is 11.8. The Labute approximate surface area is 114 Å². The van der Waals surface area contributed by atoms with E-state index in [9.17, 15) is 0 Å². The smallest absolute Gasteiger partial charge is 0.157 e. The van der Waals surface area contributed by atoms with Crippen LogP contribution in [0.5, 0.6) is 0 Å². The molecule has 106 valence electrons. The normalized spacial score (nSPS) is 10.5. The van der Waals surface area contributed by atoms with Crippen LogP contribution >= 0.6 is 0 Å². The number of rotatable bonds is 5. The lowest BCUT2D eigenvalue weighted by atomic mass is 10.1. The van der Waals surface area contributed by atoms with Gasteiger partial charge in [-0.3, -0.25) is 0 Å². The largest absolute Gasteiger partial charge is 0.366 e. The van der Waals surface area contributed by atoms with Crippen LogP contribution in [0.1, 0.15) is 31.3 Å². The van der Waals surface area contributed by atoms with Gasteiger partial charge in [-0.25, -0.2) is 9.97 Å². The Hall–Kier alpha value is -1.88. The lowest BCUT2D eigenvalue weighted by Crippen LogP contribution is -2.14. The third-order valence-corrected chi connectivity index (χ3v) is 2.05. The van der Waals surface area contributed by atoms with Gasteiger partial charge in [-0.1, -0.05) is 19.9 Å². The Kier molecular flexibility index (Phi) is 12.9. The maximum absolute atomic E-state index is 8.00. The summed E-state index contributed by atoms with van der Waals surface area (Å²) in [6.07, 6.45) is 5.32. The number of hydrogen-bond donors (Lipinski definition) is 0. The van der Waals surface area contributed by atoms with Crippen molar-refractivity contribution in [2.75, 3.05) is 6.61 Å². The summed E-state index contributed by atoms with van der Waals surface area (Å²) in [5.41, 5.74) is 1.06. The average Bonchev–Trinajstić information content (AvgIpc) is 2.45. The highest BCUT2D eigenvalue weighted by Gasteiger charge is 2.18. The van der Waals surface area contributed by atoms with Crippen molar-refractivity contribution in [1.29, 1.82) is 0 Å². The number of aromatic nitrogens is 2. The number of ether oxygens (including phenoxy) is 1. The summed E-state index contributed by atoms with van der Waals surface area (Å²) in [5.74, 6) is 1.10. The van der Waals surface area contributed by atoms with Crippen molar-refractivity contribution in [2.24, 2.45) is 5.92 Å². The lowest BCUT2D eigenvalue weighted by Gasteiger charge is -2.19. The molecule has 0 aliphatic rings. The zero-order valence-corrected chi connectivity index (χ0v) is 11.8. The van der Waals surface area contributed by atoms with E-state index < -0.39 is 0 Å². The van der Waals surface area contributed by atoms with Crippen LogP contribution in [-0.2, 0) is 14.3 Å². The van der Waals surface area contributed by atoms with Gasteiger partial charge in [0.15, 0.2) is 5.82 Å². The second-order valence-corrected chi connectivity index (χ2v) is 3.91. The first-order valence-electron chi connectivity index (χ1n) is 5.74. The van der Waals surface area contributed by atoms with Crippen LogP contribution in [-0.4, -0.2) is 30.2 Å². The molecular weight excluding hydrogens is 244 g/mol. The van der Waals surface area contributed by atoms with E-state index in [-0.39, 0.29) is 6.10 Å². The van der Waals surface area contributed by atoms with Crippen molar-refractivity contribution >= 4 is 13.6 Å². The maximum atomic E-state index is 8.00. The molecule has 5 nitrogen and oxygen atoms in total. The molecule has 0 aliphatic heterocycles. The fraction of sp³-hybridized carbons (Fsp3) is 0.429. The molecule has 0 spiro atoms. The van der Waals surface area contributed by atoms with E-state index in [0.29, 0.717) is 12.5 Å². The van der Waals surface area contributed by atoms with Crippen molar-refractivity contribution in [2.45, 2.75) is 26.9 Å². The molecule has 19 heavy (non-hydrogen) atoms. The monoisotopic (exact) mass is 266 g/mol. The van der Waals surface area contributed by atoms with Crippen LogP contribution < -0.4 is 0 Å². The number of carbonyl (C=O) groups is 2. The first kappa shape index (κ1) is 19.5. The van der Waals surface area contributed by atoms with Crippen LogP contribution in [0.4, 0.5) is 0 Å². The van der Waals surface area contributed by atoms with Gasteiger partial charge in [0.05, 0.1) is 6.61 Å². The molecule has 0 amide bonds. The lowest BCUT2D eigenvalue weighted by molar-refractivity contribution is -0.0987. The van der Waals surface area contributed by atoms with E-state index in [2.05, 4.69) is 30.4 Å². The highest BCUT2D eigenvalue weighted by atomic mass is 16.5. The van der Waals surface area contributed by atoms with E-state index >= 15 is 0 Å². The number of aryl methyl sites for hydroxylation is 1. The molecule has 0 aromatic carbocycles. The summed E-state index contributed by atoms with van der Waals surface area (Å²) < 4.78 is 5.64. The minimum Gasteiger partial charge on any atom is -0.366 e. The van der Waals surface area contributed by atoms with Crippen molar-refractivity contribution in [3.63, 3.8) is 0 Å². The first-order chi connectivity index (χ1) is 9.15. The fourth-order valence-electron chi connectivity index (χ4n) is 1.29. The number of carbonyl (C=O) groups excluding carboxylic acids is 2. The van der Waals surface area contributed by atoms with Crippen molar-refractivity contribution in [3.05, 3.63) is 36.4 Å². The fourth-order valence-corrected chi connectivity index (χ4v) is 1.29. The van der Waals surface area contributed by atoms with E-state index in [0.717, 1.165) is 11.4 Å². The molecule has 1 aromatic rings. The maximum Gasteiger partial charge on any atom is 0.157 e. The van der Waals surface area contributed by atoms with Gasteiger partial charge >= 0.3 is 0 Å². The van der Waals surface area contributed by atoms with Crippen molar-refractivity contribution in [3.8, 4) is 0 Å². The molecule has 0 radical (unpaired) electrons. The summed E-state index contributed by atoms with van der Waals surface area (Å²) >= 11 is 0. The van der Waals surface area contributed by atoms with E-state index in [1.54, 1.807) is 6.08 Å². The molecule has 1 rings (SSSR count). The van der Waals surface area contributed by atoms with Gasteiger partial charge in [0.1, 0.15) is 19.7 Å². The Morgan fingerprint density at radius 1 is 1.21 bits per heavy atom. The molecule has 0 bridgehead atoms. The second-order valence-electron chi connectivity index (χ2n) is 3.91. The standard InChI is InChI=1S/C12H18N2O.2CH2O/c1-5-6-15-11(9(2)3)12-13-7-10(4)8-14-12;2*1-2/h5,7-9,11H,1,6H2,2-4H3;2*1H2/t11-;;/m0../s1. The number of hydrogen-bond acceptors (Lipinski definition) is 5. The third kappa shape index (κ3) is 7.94. The minimum atomic E-state index is -0.0522. The quantitative estimate of drug-likeness (QED) is 0.765. The summed E-state index contributed by atoms with van der Waals surface area (Å²) in [6.45, 7) is 14.3. The van der Waals surface area contributed by atoms with Crippen LogP contribution in [0, 0.1) is 12.8 Å². The summed E-state index contributed by atoms with van der Waals surface area (Å²) in [7, 11) is 0. The molecule has 0 aliphatic carbocycles. The topological polar surface area (TPSA) is 69.2 Å². The minimum absolute atomic E-state index is 0.0522. The van der Waals surface area contributed by atoms with Gasteiger partial charge in [-0.2, -0.15) is 0 Å². The molecule has 0 unspecified atom stereocenters. The van der Waals surface area contributed by atoms with E-state index in [1.165, 1.54) is 0 Å². The molecule has 0 N–H and O–H groups in total. The Bertz CT molecular complexity index is 337. The molecule has 1 aromatic heterocycles. The van der Waals surface area contributed by atoms with Crippen LogP contribution in [0.15, 0.2) is 25.0 Å². The zero-order chi connectivity index (χ0) is 15.3. The Balaban J connectivity index is 0. The van der Waals surface area contributed by atoms with Crippen LogP contribution in [0.2, 0.25) is 0 Å². The molecule has 0 saturated carbocycles. The van der Waals surface area contributed by atoms with Gasteiger partial charge in [0.2, 0.25) is 0 Å². The number of nitrogens with zero attached hydrogens (tertiary/aromatic N) is 2. The van der Waals surface area contributed by atoms with E-state index in [4.69, 9.17) is 14.3 Å². The van der Waals surface area contributed by atoms with Crippen molar-refractivity contribution < 1.29 is 14.3 Å². The average molecular weight is 266 g/mol. The summed E-state index contributed by atoms with van der Waals surface area (Å²) in [6, 6.07) is 0. The molecule has 1 atom stereocenters. The highest BCUT2D eigenvalue weighted by Crippen LogP contribution is 2.22. The summed E-state index contributed by atoms with van der Waals surface area (Å²) in [5, 5.41) is 0. The van der Waals surface area contributed by atoms with Crippen molar-refractivity contribution in [1.82, 2.24) is 9.97 Å². The van der Waals surface area contributed by atoms with E-state index in [1.807, 2.05) is 32.9 Å². The van der Waals surface area contributed by atoms with Gasteiger partial charge in [-0.05, 0) is 18.4 Å². The first-order valence-corrected chi connectivity index (χ1v) is 5.74. The Morgan fingerprint density at radius 2 is 1.68 bits per heavy atom. The van der Waals surface area contributed by atoms with Gasteiger partial charge in [0.25, 0.3) is 0 Å². The van der Waals surface area contributed by atoms with Gasteiger partial charge in [-0.15, -0.1) is 6.58 Å². The molecular formula is C14H22N2O3. The molecule has 0 fully saturated rings. The van der Waals surface area contributed by atoms with Crippen LogP contribution in [0.25, 0.3) is 0 Å².